The lowest BCUT2D eigenvalue weighted by atomic mass is 10.2. The molecule has 1 saturated heterocycles. The molecule has 3 aromatic rings. The zero-order valence-corrected chi connectivity index (χ0v) is 20.6. The molecular formula is C22H27N5O4S2. The summed E-state index contributed by atoms with van der Waals surface area (Å²) in [5.74, 6) is 0.0531. The Morgan fingerprint density at radius 3 is 2.58 bits per heavy atom. The number of ether oxygens (including phenoxy) is 1. The lowest BCUT2D eigenvalue weighted by Gasteiger charge is -2.27. The van der Waals surface area contributed by atoms with Gasteiger partial charge in [-0.2, -0.15) is 0 Å². The van der Waals surface area contributed by atoms with Crippen LogP contribution in [0.5, 0.6) is 0 Å². The van der Waals surface area contributed by atoms with Gasteiger partial charge in [-0.15, -0.1) is 22.7 Å². The van der Waals surface area contributed by atoms with Crippen molar-refractivity contribution in [1.82, 2.24) is 24.3 Å². The second kappa shape index (κ2) is 10.1. The Labute approximate surface area is 199 Å². The highest BCUT2D eigenvalue weighted by atomic mass is 32.1. The standard InChI is InChI=1S/C22H27N5O4S2/c1-24(2)18(28)12-25(3)19(29)13-27-17(11-26-6-8-31-9-7-26)23-21-20(22(27)30)15(14-33-21)16-5-4-10-32-16/h4-5,10,14H,6-9,11-13H2,1-3H3. The summed E-state index contributed by atoms with van der Waals surface area (Å²) in [4.78, 5) is 50.2. The van der Waals surface area contributed by atoms with E-state index in [0.29, 0.717) is 35.8 Å². The zero-order chi connectivity index (χ0) is 23.5. The predicted octanol–water partition coefficient (Wildman–Crippen LogP) is 1.57. The predicted molar refractivity (Wildman–Crippen MR) is 130 cm³/mol. The Hall–Kier alpha value is -2.60. The van der Waals surface area contributed by atoms with E-state index in [1.54, 1.807) is 32.5 Å². The summed E-state index contributed by atoms with van der Waals surface area (Å²) < 4.78 is 6.91. The van der Waals surface area contributed by atoms with Crippen LogP contribution in [0, 0.1) is 0 Å². The number of fused-ring (bicyclic) bond motifs is 1. The zero-order valence-electron chi connectivity index (χ0n) is 18.9. The Kier molecular flexibility index (Phi) is 7.23. The number of carbonyl (C=O) groups is 2. The van der Waals surface area contributed by atoms with Crippen molar-refractivity contribution in [2.75, 3.05) is 54.0 Å². The van der Waals surface area contributed by atoms with Crippen LogP contribution in [0.15, 0.2) is 27.7 Å². The van der Waals surface area contributed by atoms with Crippen LogP contribution in [0.3, 0.4) is 0 Å². The highest BCUT2D eigenvalue weighted by molar-refractivity contribution is 7.18. The normalized spacial score (nSPS) is 14.5. The van der Waals surface area contributed by atoms with Crippen molar-refractivity contribution in [3.8, 4) is 10.4 Å². The number of carbonyl (C=O) groups excluding carboxylic acids is 2. The van der Waals surface area contributed by atoms with Crippen molar-refractivity contribution in [3.05, 3.63) is 39.1 Å². The van der Waals surface area contributed by atoms with Crippen LogP contribution in [0.2, 0.25) is 0 Å². The summed E-state index contributed by atoms with van der Waals surface area (Å²) in [5, 5.41) is 4.46. The minimum Gasteiger partial charge on any atom is -0.379 e. The third-order valence-corrected chi connectivity index (χ3v) is 7.39. The second-order valence-corrected chi connectivity index (χ2v) is 9.96. The summed E-state index contributed by atoms with van der Waals surface area (Å²) >= 11 is 3.00. The van der Waals surface area contributed by atoms with Gasteiger partial charge in [0.25, 0.3) is 5.56 Å². The second-order valence-electron chi connectivity index (χ2n) is 8.15. The fourth-order valence-corrected chi connectivity index (χ4v) is 5.38. The number of amides is 2. The molecule has 0 radical (unpaired) electrons. The Morgan fingerprint density at radius 2 is 1.91 bits per heavy atom. The van der Waals surface area contributed by atoms with Crippen molar-refractivity contribution in [2.24, 2.45) is 0 Å². The molecule has 0 N–H and O–H groups in total. The molecule has 4 heterocycles. The van der Waals surface area contributed by atoms with Crippen LogP contribution in [0.4, 0.5) is 0 Å². The van der Waals surface area contributed by atoms with Gasteiger partial charge in [0.05, 0.1) is 31.7 Å². The Morgan fingerprint density at radius 1 is 1.15 bits per heavy atom. The first-order valence-corrected chi connectivity index (χ1v) is 12.4. The van der Waals surface area contributed by atoms with Gasteiger partial charge in [0.15, 0.2) is 0 Å². The first-order chi connectivity index (χ1) is 15.8. The van der Waals surface area contributed by atoms with Crippen molar-refractivity contribution in [3.63, 3.8) is 0 Å². The quantitative estimate of drug-likeness (QED) is 0.501. The van der Waals surface area contributed by atoms with Crippen LogP contribution >= 0.6 is 22.7 Å². The number of hydrogen-bond acceptors (Lipinski definition) is 8. The topological polar surface area (TPSA) is 88.0 Å². The first kappa shape index (κ1) is 23.6. The minimum atomic E-state index is -0.315. The Bertz CT molecular complexity index is 1200. The molecule has 0 spiro atoms. The molecular weight excluding hydrogens is 462 g/mol. The molecule has 0 unspecified atom stereocenters. The van der Waals surface area contributed by atoms with E-state index < -0.39 is 0 Å². The number of rotatable bonds is 7. The third-order valence-electron chi connectivity index (χ3n) is 5.62. The number of likely N-dealkylation sites (N-methyl/N-ethyl adjacent to an activating group) is 2. The summed E-state index contributed by atoms with van der Waals surface area (Å²) in [6.07, 6.45) is 0. The molecule has 11 heteroatoms. The van der Waals surface area contributed by atoms with Gasteiger partial charge in [-0.25, -0.2) is 4.98 Å². The van der Waals surface area contributed by atoms with Gasteiger partial charge in [-0.3, -0.25) is 23.9 Å². The molecule has 176 valence electrons. The highest BCUT2D eigenvalue weighted by Crippen LogP contribution is 2.33. The van der Waals surface area contributed by atoms with Gasteiger partial charge in [-0.1, -0.05) is 6.07 Å². The average molecular weight is 490 g/mol. The Balaban J connectivity index is 1.72. The smallest absolute Gasteiger partial charge is 0.263 e. The van der Waals surface area contributed by atoms with Crippen LogP contribution in [-0.2, 0) is 27.4 Å². The van der Waals surface area contributed by atoms with E-state index in [2.05, 4.69) is 4.90 Å². The number of aromatic nitrogens is 2. The van der Waals surface area contributed by atoms with Crippen molar-refractivity contribution in [2.45, 2.75) is 13.1 Å². The molecule has 33 heavy (non-hydrogen) atoms. The summed E-state index contributed by atoms with van der Waals surface area (Å²) in [6.45, 7) is 2.97. The van der Waals surface area contributed by atoms with Gasteiger partial charge in [0, 0.05) is 50.1 Å². The minimum absolute atomic E-state index is 0.0477. The van der Waals surface area contributed by atoms with E-state index in [0.717, 1.165) is 23.5 Å². The van der Waals surface area contributed by atoms with Gasteiger partial charge >= 0.3 is 0 Å². The van der Waals surface area contributed by atoms with Crippen molar-refractivity contribution < 1.29 is 14.3 Å². The number of morpholine rings is 1. The molecule has 1 aliphatic rings. The molecule has 0 atom stereocenters. The molecule has 1 aliphatic heterocycles. The maximum absolute atomic E-state index is 13.7. The van der Waals surface area contributed by atoms with Crippen LogP contribution in [-0.4, -0.2) is 90.1 Å². The van der Waals surface area contributed by atoms with E-state index in [4.69, 9.17) is 9.72 Å². The molecule has 2 amide bonds. The van der Waals surface area contributed by atoms with E-state index in [-0.39, 0.29) is 30.5 Å². The van der Waals surface area contributed by atoms with Gasteiger partial charge in [0.2, 0.25) is 11.8 Å². The van der Waals surface area contributed by atoms with Crippen molar-refractivity contribution in [1.29, 1.82) is 0 Å². The molecule has 3 aromatic heterocycles. The summed E-state index contributed by atoms with van der Waals surface area (Å²) in [5.41, 5.74) is 0.617. The lowest BCUT2D eigenvalue weighted by Crippen LogP contribution is -2.42. The molecule has 1 fully saturated rings. The number of thiophene rings is 2. The van der Waals surface area contributed by atoms with E-state index in [1.165, 1.54) is 25.7 Å². The monoisotopic (exact) mass is 489 g/mol. The molecule has 4 rings (SSSR count). The van der Waals surface area contributed by atoms with Crippen LogP contribution in [0.1, 0.15) is 5.82 Å². The number of nitrogens with zero attached hydrogens (tertiary/aromatic N) is 5. The molecule has 0 aromatic carbocycles. The molecule has 9 nitrogen and oxygen atoms in total. The van der Waals surface area contributed by atoms with E-state index in [1.807, 2.05) is 22.9 Å². The fraction of sp³-hybridized carbons (Fsp3) is 0.455. The van der Waals surface area contributed by atoms with Gasteiger partial charge < -0.3 is 14.5 Å². The van der Waals surface area contributed by atoms with Crippen LogP contribution in [0.25, 0.3) is 20.7 Å². The highest BCUT2D eigenvalue weighted by Gasteiger charge is 2.23. The molecule has 0 aliphatic carbocycles. The van der Waals surface area contributed by atoms with E-state index in [9.17, 15) is 14.4 Å². The number of hydrogen-bond donors (Lipinski definition) is 0. The lowest BCUT2D eigenvalue weighted by molar-refractivity contribution is -0.138. The first-order valence-electron chi connectivity index (χ1n) is 10.6. The van der Waals surface area contributed by atoms with Crippen LogP contribution < -0.4 is 5.56 Å². The maximum Gasteiger partial charge on any atom is 0.263 e. The molecule has 0 bridgehead atoms. The summed E-state index contributed by atoms with van der Waals surface area (Å²) in [7, 11) is 4.86. The average Bonchev–Trinajstić information content (AvgIpc) is 3.46. The van der Waals surface area contributed by atoms with E-state index >= 15 is 0 Å². The molecule has 0 saturated carbocycles. The largest absolute Gasteiger partial charge is 0.379 e. The fourth-order valence-electron chi connectivity index (χ4n) is 3.61. The summed E-state index contributed by atoms with van der Waals surface area (Å²) in [6, 6.07) is 3.92. The third kappa shape index (κ3) is 5.16. The van der Waals surface area contributed by atoms with Gasteiger partial charge in [0.1, 0.15) is 17.2 Å². The SMILES string of the molecule is CN(C)C(=O)CN(C)C(=O)Cn1c(CN2CCOCC2)nc2scc(-c3cccs3)c2c1=O. The van der Waals surface area contributed by atoms with Gasteiger partial charge in [-0.05, 0) is 11.4 Å². The maximum atomic E-state index is 13.7. The van der Waals surface area contributed by atoms with Crippen molar-refractivity contribution >= 4 is 44.7 Å².